The van der Waals surface area contributed by atoms with Crippen molar-refractivity contribution in [3.63, 3.8) is 0 Å². The molecule has 0 fully saturated rings. The molecule has 0 saturated heterocycles. The van der Waals surface area contributed by atoms with E-state index in [1.807, 2.05) is 6.07 Å². The van der Waals surface area contributed by atoms with Crippen LogP contribution in [0.15, 0.2) is 36.4 Å². The van der Waals surface area contributed by atoms with Crippen molar-refractivity contribution in [2.24, 2.45) is 0 Å². The Labute approximate surface area is 109 Å². The van der Waals surface area contributed by atoms with Crippen LogP contribution in [0.4, 0.5) is 10.7 Å². The third-order valence-corrected chi connectivity index (χ3v) is 2.18. The highest BCUT2D eigenvalue weighted by Crippen LogP contribution is 2.12. The number of halogens is 1. The second-order valence-corrected chi connectivity index (χ2v) is 3.87. The van der Waals surface area contributed by atoms with Crippen molar-refractivity contribution in [3.8, 4) is 5.75 Å². The molecule has 18 heavy (non-hydrogen) atoms. The van der Waals surface area contributed by atoms with Crippen molar-refractivity contribution in [2.45, 2.75) is 6.92 Å². The lowest BCUT2D eigenvalue weighted by atomic mass is 10.3. The molecule has 2 rings (SSSR count). The summed E-state index contributed by atoms with van der Waals surface area (Å²) in [6.45, 7) is 1.75. The van der Waals surface area contributed by atoms with E-state index < -0.39 is 6.09 Å². The highest BCUT2D eigenvalue weighted by atomic mass is 35.5. The molecule has 2 aromatic rings. The van der Waals surface area contributed by atoms with Crippen LogP contribution >= 0.6 is 11.6 Å². The molecule has 0 bridgehead atoms. The highest BCUT2D eigenvalue weighted by Gasteiger charge is 2.08. The van der Waals surface area contributed by atoms with E-state index in [2.05, 4.69) is 15.3 Å². The number of hydrogen-bond donors (Lipinski definition) is 1. The summed E-state index contributed by atoms with van der Waals surface area (Å²) in [4.78, 5) is 19.4. The number of carbonyl (C=O) groups is 1. The van der Waals surface area contributed by atoms with Crippen molar-refractivity contribution in [3.05, 3.63) is 47.2 Å². The number of nitrogens with zero attached hydrogens (tertiary/aromatic N) is 2. The molecule has 6 heteroatoms. The van der Waals surface area contributed by atoms with Gasteiger partial charge in [-0.15, -0.1) is 0 Å². The largest absolute Gasteiger partial charge is 0.419 e. The van der Waals surface area contributed by atoms with Crippen molar-refractivity contribution in [1.29, 1.82) is 0 Å². The molecule has 0 saturated carbocycles. The van der Waals surface area contributed by atoms with E-state index in [0.717, 1.165) is 0 Å². The zero-order valence-electron chi connectivity index (χ0n) is 9.55. The van der Waals surface area contributed by atoms with Crippen LogP contribution < -0.4 is 10.1 Å². The average molecular weight is 264 g/mol. The van der Waals surface area contributed by atoms with Gasteiger partial charge in [0.15, 0.2) is 0 Å². The normalized spacial score (nSPS) is 9.89. The summed E-state index contributed by atoms with van der Waals surface area (Å²) in [6.07, 6.45) is -0.664. The maximum atomic E-state index is 11.5. The van der Waals surface area contributed by atoms with E-state index >= 15 is 0 Å². The third kappa shape index (κ3) is 3.43. The monoisotopic (exact) mass is 263 g/mol. The lowest BCUT2D eigenvalue weighted by Gasteiger charge is -2.05. The zero-order valence-corrected chi connectivity index (χ0v) is 10.3. The minimum Gasteiger partial charge on any atom is -0.410 e. The summed E-state index contributed by atoms with van der Waals surface area (Å²) < 4.78 is 5.02. The number of benzene rings is 1. The van der Waals surface area contributed by atoms with E-state index in [4.69, 9.17) is 16.3 Å². The molecule has 5 nitrogen and oxygen atoms in total. The summed E-state index contributed by atoms with van der Waals surface area (Å²) in [7, 11) is 0. The topological polar surface area (TPSA) is 64.1 Å². The summed E-state index contributed by atoms with van der Waals surface area (Å²) in [5.41, 5.74) is 0.657. The number of anilines is 1. The predicted molar refractivity (Wildman–Crippen MR) is 67.9 cm³/mol. The van der Waals surface area contributed by atoms with Crippen molar-refractivity contribution >= 4 is 23.6 Å². The first-order chi connectivity index (χ1) is 8.63. The second-order valence-electron chi connectivity index (χ2n) is 3.48. The molecule has 0 spiro atoms. The molecule has 92 valence electrons. The molecular formula is C12H10ClN3O2. The number of rotatable bonds is 2. The Morgan fingerprint density at radius 2 is 2.00 bits per heavy atom. The standard InChI is InChI=1S/C12H10ClN3O2/c1-8-7-10(13)15-11(14-8)16-12(17)18-9-5-3-2-4-6-9/h2-7H,1H3,(H,14,15,16,17). The van der Waals surface area contributed by atoms with Gasteiger partial charge in [-0.3, -0.25) is 5.32 Å². The van der Waals surface area contributed by atoms with Crippen molar-refractivity contribution in [2.75, 3.05) is 5.32 Å². The molecule has 1 heterocycles. The molecule has 1 N–H and O–H groups in total. The van der Waals surface area contributed by atoms with Gasteiger partial charge in [-0.25, -0.2) is 14.8 Å². The quantitative estimate of drug-likeness (QED) is 0.846. The second kappa shape index (κ2) is 5.46. The van der Waals surface area contributed by atoms with Gasteiger partial charge in [-0.1, -0.05) is 29.8 Å². The molecule has 0 radical (unpaired) electrons. The van der Waals surface area contributed by atoms with Crippen LogP contribution in [0.2, 0.25) is 5.15 Å². The zero-order chi connectivity index (χ0) is 13.0. The first-order valence-corrected chi connectivity index (χ1v) is 5.56. The molecule has 1 aromatic heterocycles. The Bertz CT molecular complexity index is 540. The first kappa shape index (κ1) is 12.3. The van der Waals surface area contributed by atoms with Crippen LogP contribution in [0, 0.1) is 6.92 Å². The summed E-state index contributed by atoms with van der Waals surface area (Å²) >= 11 is 5.75. The van der Waals surface area contributed by atoms with E-state index in [0.29, 0.717) is 11.4 Å². The minimum atomic E-state index is -0.664. The van der Waals surface area contributed by atoms with Gasteiger partial charge >= 0.3 is 6.09 Å². The Kier molecular flexibility index (Phi) is 3.74. The van der Waals surface area contributed by atoms with E-state index in [9.17, 15) is 4.79 Å². The maximum absolute atomic E-state index is 11.5. The number of carbonyl (C=O) groups excluding carboxylic acids is 1. The minimum absolute atomic E-state index is 0.112. The summed E-state index contributed by atoms with van der Waals surface area (Å²) in [5.74, 6) is 0.551. The van der Waals surface area contributed by atoms with E-state index in [1.165, 1.54) is 0 Å². The van der Waals surface area contributed by atoms with Crippen molar-refractivity contribution in [1.82, 2.24) is 9.97 Å². The maximum Gasteiger partial charge on any atom is 0.419 e. The van der Waals surface area contributed by atoms with Crippen LogP contribution in [-0.2, 0) is 0 Å². The van der Waals surface area contributed by atoms with E-state index in [-0.39, 0.29) is 11.1 Å². The van der Waals surface area contributed by atoms with Crippen molar-refractivity contribution < 1.29 is 9.53 Å². The molecule has 0 aliphatic heterocycles. The fourth-order valence-corrected chi connectivity index (χ4v) is 1.54. The van der Waals surface area contributed by atoms with Crippen LogP contribution in [0.25, 0.3) is 0 Å². The van der Waals surface area contributed by atoms with Gasteiger partial charge in [0, 0.05) is 5.69 Å². The van der Waals surface area contributed by atoms with Gasteiger partial charge in [-0.2, -0.15) is 0 Å². The van der Waals surface area contributed by atoms with Crippen LogP contribution in [-0.4, -0.2) is 16.1 Å². The number of amides is 1. The Balaban J connectivity index is 2.03. The van der Waals surface area contributed by atoms with Gasteiger partial charge in [0.25, 0.3) is 0 Å². The Morgan fingerprint density at radius 1 is 1.28 bits per heavy atom. The molecule has 0 aliphatic carbocycles. The fraction of sp³-hybridized carbons (Fsp3) is 0.0833. The highest BCUT2D eigenvalue weighted by molar-refractivity contribution is 6.29. The summed E-state index contributed by atoms with van der Waals surface area (Å²) in [5, 5.41) is 2.67. The molecule has 1 amide bonds. The SMILES string of the molecule is Cc1cc(Cl)nc(NC(=O)Oc2ccccc2)n1. The number of para-hydroxylation sites is 1. The number of hydrogen-bond acceptors (Lipinski definition) is 4. The van der Waals surface area contributed by atoms with Gasteiger partial charge < -0.3 is 4.74 Å². The lowest BCUT2D eigenvalue weighted by molar-refractivity contribution is 0.215. The predicted octanol–water partition coefficient (Wildman–Crippen LogP) is 3.05. The Hall–Kier alpha value is -2.14. The summed E-state index contributed by atoms with van der Waals surface area (Å²) in [6, 6.07) is 10.3. The number of ether oxygens (including phenoxy) is 1. The van der Waals surface area contributed by atoms with Gasteiger partial charge in [0.1, 0.15) is 10.9 Å². The smallest absolute Gasteiger partial charge is 0.410 e. The lowest BCUT2D eigenvalue weighted by Crippen LogP contribution is -2.18. The Morgan fingerprint density at radius 3 is 2.67 bits per heavy atom. The number of aromatic nitrogens is 2. The van der Waals surface area contributed by atoms with Crippen LogP contribution in [0.1, 0.15) is 5.69 Å². The number of nitrogens with one attached hydrogen (secondary N) is 1. The van der Waals surface area contributed by atoms with Crippen LogP contribution in [0.5, 0.6) is 5.75 Å². The fourth-order valence-electron chi connectivity index (χ4n) is 1.30. The van der Waals surface area contributed by atoms with Gasteiger partial charge in [0.05, 0.1) is 0 Å². The first-order valence-electron chi connectivity index (χ1n) is 5.18. The molecule has 0 atom stereocenters. The average Bonchev–Trinajstić information content (AvgIpc) is 2.28. The van der Waals surface area contributed by atoms with E-state index in [1.54, 1.807) is 37.3 Å². The van der Waals surface area contributed by atoms with Gasteiger partial charge in [0.2, 0.25) is 5.95 Å². The third-order valence-electron chi connectivity index (χ3n) is 1.99. The molecule has 1 aromatic carbocycles. The number of aryl methyl sites for hydroxylation is 1. The molecular weight excluding hydrogens is 254 g/mol. The van der Waals surface area contributed by atoms with Crippen LogP contribution in [0.3, 0.4) is 0 Å². The molecule has 0 aliphatic rings. The molecule has 0 unspecified atom stereocenters. The van der Waals surface area contributed by atoms with Gasteiger partial charge in [-0.05, 0) is 25.1 Å².